The Bertz CT molecular complexity index is 831. The largest absolute Gasteiger partial charge is 0.256 e. The van der Waals surface area contributed by atoms with E-state index < -0.39 is 5.82 Å². The Balaban J connectivity index is 1.98. The molecule has 0 bridgehead atoms. The molecule has 0 saturated heterocycles. The van der Waals surface area contributed by atoms with Crippen molar-refractivity contribution in [3.63, 3.8) is 0 Å². The zero-order valence-corrected chi connectivity index (χ0v) is 12.0. The van der Waals surface area contributed by atoms with Gasteiger partial charge in [-0.1, -0.05) is 0 Å². The lowest BCUT2D eigenvalue weighted by Crippen LogP contribution is -1.88. The fraction of sp³-hybridized carbons (Fsp3) is 0.0625. The van der Waals surface area contributed by atoms with Crippen LogP contribution in [0.2, 0.25) is 0 Å². The molecule has 0 fully saturated rings. The minimum absolute atomic E-state index is 0.283. The first-order valence-electron chi connectivity index (χ1n) is 6.25. The van der Waals surface area contributed by atoms with Gasteiger partial charge in [0.2, 0.25) is 0 Å². The maximum Gasteiger partial charge on any atom is 0.125 e. The van der Waals surface area contributed by atoms with E-state index in [9.17, 15) is 4.39 Å². The number of nitriles is 1. The zero-order valence-electron chi connectivity index (χ0n) is 11.2. The van der Waals surface area contributed by atoms with E-state index in [-0.39, 0.29) is 5.56 Å². The van der Waals surface area contributed by atoms with E-state index in [4.69, 9.17) is 5.26 Å². The normalized spacial score (nSPS) is 10.3. The molecule has 0 atom stereocenters. The summed E-state index contributed by atoms with van der Waals surface area (Å²) in [5.41, 5.74) is 3.30. The Morgan fingerprint density at radius 1 is 1.14 bits per heavy atom. The van der Waals surface area contributed by atoms with E-state index in [1.165, 1.54) is 12.1 Å². The molecular formula is C16H10FN3S. The Hall–Kier alpha value is -2.58. The lowest BCUT2D eigenvalue weighted by molar-refractivity contribution is 0.628. The molecule has 1 aromatic carbocycles. The van der Waals surface area contributed by atoms with Crippen LogP contribution >= 0.6 is 11.3 Å². The number of pyridine rings is 1. The third-order valence-electron chi connectivity index (χ3n) is 3.00. The zero-order chi connectivity index (χ0) is 14.8. The molecule has 2 heterocycles. The third-order valence-corrected chi connectivity index (χ3v) is 3.77. The number of benzene rings is 1. The summed E-state index contributed by atoms with van der Waals surface area (Å²) in [5.74, 6) is -0.440. The molecule has 3 nitrogen and oxygen atoms in total. The van der Waals surface area contributed by atoms with Crippen LogP contribution in [-0.4, -0.2) is 9.97 Å². The van der Waals surface area contributed by atoms with E-state index in [2.05, 4.69) is 9.97 Å². The Kier molecular flexibility index (Phi) is 3.46. The van der Waals surface area contributed by atoms with Crippen LogP contribution in [0.5, 0.6) is 0 Å². The smallest absolute Gasteiger partial charge is 0.125 e. The highest BCUT2D eigenvalue weighted by Gasteiger charge is 2.06. The molecule has 3 rings (SSSR count). The standard InChI is InChI=1S/C16H10FN3S/c1-10-20-16(9-21-10)12-2-3-15(19-8-12)13-4-11(7-18)5-14(17)6-13/h2-6,8-9H,1H3. The van der Waals surface area contributed by atoms with Gasteiger partial charge in [0.1, 0.15) is 5.82 Å². The van der Waals surface area contributed by atoms with Crippen molar-refractivity contribution in [2.45, 2.75) is 6.92 Å². The van der Waals surface area contributed by atoms with Crippen molar-refractivity contribution in [2.75, 3.05) is 0 Å². The van der Waals surface area contributed by atoms with Gasteiger partial charge in [-0.25, -0.2) is 9.37 Å². The van der Waals surface area contributed by atoms with Crippen molar-refractivity contribution < 1.29 is 4.39 Å². The minimum Gasteiger partial charge on any atom is -0.256 e. The van der Waals surface area contributed by atoms with Crippen molar-refractivity contribution >= 4 is 11.3 Å². The first-order chi connectivity index (χ1) is 10.2. The SMILES string of the molecule is Cc1nc(-c2ccc(-c3cc(F)cc(C#N)c3)nc2)cs1. The number of halogens is 1. The fourth-order valence-corrected chi connectivity index (χ4v) is 2.64. The summed E-state index contributed by atoms with van der Waals surface area (Å²) in [6.45, 7) is 1.95. The molecule has 0 spiro atoms. The second kappa shape index (κ2) is 5.43. The van der Waals surface area contributed by atoms with E-state index >= 15 is 0 Å². The number of thiazole rings is 1. The van der Waals surface area contributed by atoms with E-state index in [0.717, 1.165) is 16.3 Å². The highest BCUT2D eigenvalue weighted by Crippen LogP contribution is 2.24. The predicted octanol–water partition coefficient (Wildman–Crippen LogP) is 4.19. The molecule has 0 radical (unpaired) electrons. The molecule has 102 valence electrons. The van der Waals surface area contributed by atoms with Gasteiger partial charge in [0.05, 0.1) is 28.0 Å². The number of nitrogens with zero attached hydrogens (tertiary/aromatic N) is 3. The number of aryl methyl sites for hydroxylation is 1. The molecule has 0 aliphatic rings. The molecular weight excluding hydrogens is 285 g/mol. The van der Waals surface area contributed by atoms with Gasteiger partial charge >= 0.3 is 0 Å². The Morgan fingerprint density at radius 3 is 2.62 bits per heavy atom. The van der Waals surface area contributed by atoms with Crippen LogP contribution in [0.15, 0.2) is 41.9 Å². The van der Waals surface area contributed by atoms with Crippen molar-refractivity contribution in [3.8, 4) is 28.6 Å². The van der Waals surface area contributed by atoms with Gasteiger partial charge in [0.25, 0.3) is 0 Å². The Morgan fingerprint density at radius 2 is 2.00 bits per heavy atom. The minimum atomic E-state index is -0.440. The summed E-state index contributed by atoms with van der Waals surface area (Å²) in [5, 5.41) is 11.9. The number of rotatable bonds is 2. The number of aromatic nitrogens is 2. The third kappa shape index (κ3) is 2.81. The summed E-state index contributed by atoms with van der Waals surface area (Å²) < 4.78 is 13.5. The van der Waals surface area contributed by atoms with Crippen LogP contribution < -0.4 is 0 Å². The molecule has 0 unspecified atom stereocenters. The van der Waals surface area contributed by atoms with Gasteiger partial charge in [-0.15, -0.1) is 11.3 Å². The molecule has 21 heavy (non-hydrogen) atoms. The molecule has 0 aliphatic carbocycles. The lowest BCUT2D eigenvalue weighted by atomic mass is 10.1. The van der Waals surface area contributed by atoms with Gasteiger partial charge < -0.3 is 0 Å². The molecule has 0 N–H and O–H groups in total. The number of hydrogen-bond acceptors (Lipinski definition) is 4. The maximum absolute atomic E-state index is 13.5. The average molecular weight is 295 g/mol. The summed E-state index contributed by atoms with van der Waals surface area (Å²) in [4.78, 5) is 8.74. The number of hydrogen-bond donors (Lipinski definition) is 0. The highest BCUT2D eigenvalue weighted by molar-refractivity contribution is 7.09. The van der Waals surface area contributed by atoms with Gasteiger partial charge in [-0.3, -0.25) is 4.98 Å². The van der Waals surface area contributed by atoms with Crippen molar-refractivity contribution in [2.24, 2.45) is 0 Å². The second-order valence-corrected chi connectivity index (χ2v) is 5.59. The first-order valence-corrected chi connectivity index (χ1v) is 7.13. The molecule has 2 aromatic heterocycles. The van der Waals surface area contributed by atoms with Crippen LogP contribution in [0.3, 0.4) is 0 Å². The summed E-state index contributed by atoms with van der Waals surface area (Å²) in [6.07, 6.45) is 1.71. The lowest BCUT2D eigenvalue weighted by Gasteiger charge is -2.03. The summed E-state index contributed by atoms with van der Waals surface area (Å²) >= 11 is 1.58. The quantitative estimate of drug-likeness (QED) is 0.712. The van der Waals surface area contributed by atoms with Crippen LogP contribution in [0.1, 0.15) is 10.6 Å². The topological polar surface area (TPSA) is 49.6 Å². The Labute approximate surface area is 125 Å². The van der Waals surface area contributed by atoms with Crippen molar-refractivity contribution in [1.29, 1.82) is 5.26 Å². The average Bonchev–Trinajstić information content (AvgIpc) is 2.93. The van der Waals surface area contributed by atoms with Gasteiger partial charge in [0, 0.05) is 22.7 Å². The van der Waals surface area contributed by atoms with Gasteiger partial charge in [-0.05, 0) is 37.3 Å². The van der Waals surface area contributed by atoms with Crippen LogP contribution in [-0.2, 0) is 0 Å². The first kappa shape index (κ1) is 13.4. The monoisotopic (exact) mass is 295 g/mol. The van der Waals surface area contributed by atoms with Crippen molar-refractivity contribution in [1.82, 2.24) is 9.97 Å². The maximum atomic E-state index is 13.5. The van der Waals surface area contributed by atoms with E-state index in [0.29, 0.717) is 11.3 Å². The van der Waals surface area contributed by atoms with Crippen LogP contribution in [0, 0.1) is 24.1 Å². The predicted molar refractivity (Wildman–Crippen MR) is 80.2 cm³/mol. The highest BCUT2D eigenvalue weighted by atomic mass is 32.1. The van der Waals surface area contributed by atoms with E-state index in [1.807, 2.05) is 24.4 Å². The van der Waals surface area contributed by atoms with Crippen molar-refractivity contribution in [3.05, 3.63) is 58.3 Å². The summed E-state index contributed by atoms with van der Waals surface area (Å²) in [6, 6.07) is 9.84. The van der Waals surface area contributed by atoms with Crippen LogP contribution in [0.4, 0.5) is 4.39 Å². The summed E-state index contributed by atoms with van der Waals surface area (Å²) in [7, 11) is 0. The molecule has 0 saturated carbocycles. The molecule has 3 aromatic rings. The molecule has 0 amide bonds. The van der Waals surface area contributed by atoms with Crippen LogP contribution in [0.25, 0.3) is 22.5 Å². The fourth-order valence-electron chi connectivity index (χ4n) is 2.01. The van der Waals surface area contributed by atoms with Gasteiger partial charge in [0.15, 0.2) is 0 Å². The van der Waals surface area contributed by atoms with E-state index in [1.54, 1.807) is 29.7 Å². The molecule has 0 aliphatic heterocycles. The second-order valence-electron chi connectivity index (χ2n) is 4.52. The van der Waals surface area contributed by atoms with Gasteiger partial charge in [-0.2, -0.15) is 5.26 Å². The molecule has 5 heteroatoms.